The number of anilines is 1. The Hall–Kier alpha value is -1.95. The van der Waals surface area contributed by atoms with Gasteiger partial charge in [-0.3, -0.25) is 0 Å². The Balaban J connectivity index is 2.44. The van der Waals surface area contributed by atoms with E-state index in [1.54, 1.807) is 18.3 Å². The van der Waals surface area contributed by atoms with Crippen molar-refractivity contribution in [3.63, 3.8) is 0 Å². The van der Waals surface area contributed by atoms with E-state index < -0.39 is 0 Å². The van der Waals surface area contributed by atoms with Crippen LogP contribution in [0.5, 0.6) is 5.75 Å². The second-order valence-electron chi connectivity index (χ2n) is 4.54. The molecule has 0 unspecified atom stereocenters. The van der Waals surface area contributed by atoms with Crippen molar-refractivity contribution in [2.45, 2.75) is 26.7 Å². The number of phenolic OH excluding ortho intramolecular Hbond substituents is 1. The molecule has 0 bridgehead atoms. The van der Waals surface area contributed by atoms with Gasteiger partial charge in [-0.2, -0.15) is 0 Å². The zero-order valence-corrected chi connectivity index (χ0v) is 13.6. The first-order chi connectivity index (χ1) is 10.1. The maximum absolute atomic E-state index is 10.1. The minimum Gasteiger partial charge on any atom is -0.506 e. The molecule has 1 aromatic heterocycles. The van der Waals surface area contributed by atoms with Crippen LogP contribution in [0.1, 0.15) is 25.0 Å². The normalized spacial score (nSPS) is 11.2. The van der Waals surface area contributed by atoms with E-state index in [4.69, 9.17) is 5.73 Å². The standard InChI is InChI=1S/C15H17BrN4O/c1-3-9-7-12(21)15(11(4-2)14(9)17)20-19-13-6-5-10(16)8-18-13/h5-8,21H,3-4,17H2,1-2H3. The second-order valence-corrected chi connectivity index (χ2v) is 5.45. The summed E-state index contributed by atoms with van der Waals surface area (Å²) in [7, 11) is 0. The fourth-order valence-corrected chi connectivity index (χ4v) is 2.31. The Morgan fingerprint density at radius 3 is 2.57 bits per heavy atom. The third-order valence-electron chi connectivity index (χ3n) is 3.21. The Morgan fingerprint density at radius 2 is 2.00 bits per heavy atom. The van der Waals surface area contributed by atoms with E-state index in [2.05, 4.69) is 31.1 Å². The minimum absolute atomic E-state index is 0.0961. The van der Waals surface area contributed by atoms with Gasteiger partial charge in [0.15, 0.2) is 5.82 Å². The van der Waals surface area contributed by atoms with Gasteiger partial charge in [-0.15, -0.1) is 10.2 Å². The highest BCUT2D eigenvalue weighted by molar-refractivity contribution is 9.10. The Morgan fingerprint density at radius 1 is 1.24 bits per heavy atom. The van der Waals surface area contributed by atoms with Crippen molar-refractivity contribution >= 4 is 33.1 Å². The van der Waals surface area contributed by atoms with Crippen molar-refractivity contribution in [1.82, 2.24) is 4.98 Å². The van der Waals surface area contributed by atoms with Crippen molar-refractivity contribution in [2.75, 3.05) is 5.73 Å². The van der Waals surface area contributed by atoms with Crippen LogP contribution in [0.15, 0.2) is 39.1 Å². The zero-order chi connectivity index (χ0) is 15.4. The summed E-state index contributed by atoms with van der Waals surface area (Å²) in [4.78, 5) is 4.11. The van der Waals surface area contributed by atoms with Crippen LogP contribution in [0.2, 0.25) is 0 Å². The molecular weight excluding hydrogens is 332 g/mol. The summed E-state index contributed by atoms with van der Waals surface area (Å²) in [6.07, 6.45) is 3.08. The number of hydrogen-bond acceptors (Lipinski definition) is 5. The van der Waals surface area contributed by atoms with E-state index in [0.29, 0.717) is 23.6 Å². The number of hydrogen-bond donors (Lipinski definition) is 2. The predicted molar refractivity (Wildman–Crippen MR) is 87.4 cm³/mol. The number of halogens is 1. The summed E-state index contributed by atoms with van der Waals surface area (Å²) in [6.45, 7) is 3.97. The molecule has 1 aromatic carbocycles. The van der Waals surface area contributed by atoms with Crippen LogP contribution in [-0.4, -0.2) is 10.1 Å². The first-order valence-corrected chi connectivity index (χ1v) is 7.52. The summed E-state index contributed by atoms with van der Waals surface area (Å²) < 4.78 is 0.870. The van der Waals surface area contributed by atoms with Gasteiger partial charge in [0.2, 0.25) is 0 Å². The number of aromatic nitrogens is 1. The monoisotopic (exact) mass is 348 g/mol. The number of pyridine rings is 1. The molecule has 5 nitrogen and oxygen atoms in total. The van der Waals surface area contributed by atoms with Gasteiger partial charge in [0.05, 0.1) is 0 Å². The van der Waals surface area contributed by atoms with Gasteiger partial charge >= 0.3 is 0 Å². The quantitative estimate of drug-likeness (QED) is 0.478. The van der Waals surface area contributed by atoms with Crippen LogP contribution in [0.3, 0.4) is 0 Å². The van der Waals surface area contributed by atoms with Crippen LogP contribution in [0, 0.1) is 0 Å². The Kier molecular flexibility index (Phi) is 4.90. The molecular formula is C15H17BrN4O. The number of rotatable bonds is 4. The van der Waals surface area contributed by atoms with E-state index in [0.717, 1.165) is 22.0 Å². The molecule has 2 rings (SSSR count). The van der Waals surface area contributed by atoms with Gasteiger partial charge in [0, 0.05) is 21.9 Å². The number of aryl methyl sites for hydroxylation is 1. The lowest BCUT2D eigenvalue weighted by molar-refractivity contribution is 0.475. The zero-order valence-electron chi connectivity index (χ0n) is 12.0. The van der Waals surface area contributed by atoms with Crippen molar-refractivity contribution in [3.05, 3.63) is 40.0 Å². The van der Waals surface area contributed by atoms with Crippen molar-refractivity contribution in [3.8, 4) is 5.75 Å². The molecule has 3 N–H and O–H groups in total. The van der Waals surface area contributed by atoms with Crippen molar-refractivity contribution in [1.29, 1.82) is 0 Å². The highest BCUT2D eigenvalue weighted by Gasteiger charge is 2.14. The molecule has 21 heavy (non-hydrogen) atoms. The molecule has 0 fully saturated rings. The maximum atomic E-state index is 10.1. The molecule has 0 aliphatic heterocycles. The van der Waals surface area contributed by atoms with Crippen LogP contribution >= 0.6 is 15.9 Å². The van der Waals surface area contributed by atoms with Gasteiger partial charge in [-0.1, -0.05) is 13.8 Å². The Labute approximate surface area is 132 Å². The average Bonchev–Trinajstić information content (AvgIpc) is 2.49. The first kappa shape index (κ1) is 15.4. The van der Waals surface area contributed by atoms with Gasteiger partial charge in [-0.25, -0.2) is 4.98 Å². The molecule has 0 saturated heterocycles. The smallest absolute Gasteiger partial charge is 0.174 e. The van der Waals surface area contributed by atoms with Crippen molar-refractivity contribution in [2.24, 2.45) is 10.2 Å². The molecule has 0 saturated carbocycles. The van der Waals surface area contributed by atoms with E-state index in [-0.39, 0.29) is 5.75 Å². The van der Waals surface area contributed by atoms with Crippen LogP contribution in [-0.2, 0) is 12.8 Å². The van der Waals surface area contributed by atoms with Crippen molar-refractivity contribution < 1.29 is 5.11 Å². The van der Waals surface area contributed by atoms with Crippen LogP contribution in [0.25, 0.3) is 0 Å². The lowest BCUT2D eigenvalue weighted by Gasteiger charge is -2.12. The molecule has 1 heterocycles. The summed E-state index contributed by atoms with van der Waals surface area (Å²) >= 11 is 3.31. The number of aromatic hydroxyl groups is 1. The molecule has 0 radical (unpaired) electrons. The highest BCUT2D eigenvalue weighted by Crippen LogP contribution is 2.38. The topological polar surface area (TPSA) is 83.9 Å². The maximum Gasteiger partial charge on any atom is 0.174 e. The number of azo groups is 1. The SMILES string of the molecule is CCc1cc(O)c(N=Nc2ccc(Br)cn2)c(CC)c1N. The third-order valence-corrected chi connectivity index (χ3v) is 3.68. The second kappa shape index (κ2) is 6.67. The first-order valence-electron chi connectivity index (χ1n) is 6.73. The number of phenols is 1. The lowest BCUT2D eigenvalue weighted by atomic mass is 10.0. The molecule has 0 amide bonds. The van der Waals surface area contributed by atoms with Gasteiger partial charge in [0.1, 0.15) is 11.4 Å². The fourth-order valence-electron chi connectivity index (χ4n) is 2.08. The number of benzene rings is 1. The molecule has 0 atom stereocenters. The van der Waals surface area contributed by atoms with E-state index >= 15 is 0 Å². The highest BCUT2D eigenvalue weighted by atomic mass is 79.9. The minimum atomic E-state index is 0.0961. The number of nitrogen functional groups attached to an aromatic ring is 1. The number of nitrogens with two attached hydrogens (primary N) is 1. The third kappa shape index (κ3) is 3.39. The van der Waals surface area contributed by atoms with E-state index in [1.807, 2.05) is 19.9 Å². The molecule has 0 aliphatic carbocycles. The molecule has 110 valence electrons. The molecule has 6 heteroatoms. The fraction of sp³-hybridized carbons (Fsp3) is 0.267. The van der Waals surface area contributed by atoms with Gasteiger partial charge < -0.3 is 10.8 Å². The summed E-state index contributed by atoms with van der Waals surface area (Å²) in [5, 5.41) is 18.3. The molecule has 2 aromatic rings. The summed E-state index contributed by atoms with van der Waals surface area (Å²) in [5.41, 5.74) is 8.95. The van der Waals surface area contributed by atoms with Crippen LogP contribution in [0.4, 0.5) is 17.2 Å². The van der Waals surface area contributed by atoms with E-state index in [9.17, 15) is 5.11 Å². The molecule has 0 spiro atoms. The lowest BCUT2D eigenvalue weighted by Crippen LogP contribution is -1.99. The molecule has 0 aliphatic rings. The number of nitrogens with zero attached hydrogens (tertiary/aromatic N) is 3. The average molecular weight is 349 g/mol. The summed E-state index contributed by atoms with van der Waals surface area (Å²) in [6, 6.07) is 5.22. The van der Waals surface area contributed by atoms with Gasteiger partial charge in [-0.05, 0) is 52.5 Å². The predicted octanol–water partition coefficient (Wildman–Crippen LogP) is 4.67. The Bertz CT molecular complexity index is 668. The summed E-state index contributed by atoms with van der Waals surface area (Å²) in [5.74, 6) is 0.566. The van der Waals surface area contributed by atoms with Crippen LogP contribution < -0.4 is 5.73 Å². The van der Waals surface area contributed by atoms with E-state index in [1.165, 1.54) is 0 Å². The largest absolute Gasteiger partial charge is 0.506 e. The van der Waals surface area contributed by atoms with Gasteiger partial charge in [0.25, 0.3) is 0 Å².